The molecule has 1 aliphatic rings. The lowest BCUT2D eigenvalue weighted by molar-refractivity contribution is 0.224. The van der Waals surface area contributed by atoms with Gasteiger partial charge in [0.2, 0.25) is 10.0 Å². The number of rotatable bonds is 4. The molecule has 2 heterocycles. The Labute approximate surface area is 171 Å². The summed E-state index contributed by atoms with van der Waals surface area (Å²) in [5.41, 5.74) is 1.05. The first kappa shape index (κ1) is 20.1. The number of hydrogen-bond donors (Lipinski definition) is 0. The largest absolute Gasteiger partial charge is 0.421 e. The van der Waals surface area contributed by atoms with Crippen molar-refractivity contribution in [2.24, 2.45) is 0 Å². The molecule has 0 amide bonds. The molecular weight excluding hydrogens is 421 g/mol. The maximum absolute atomic E-state index is 13.1. The second-order valence-electron chi connectivity index (χ2n) is 6.88. The predicted molar refractivity (Wildman–Crippen MR) is 107 cm³/mol. The quantitative estimate of drug-likeness (QED) is 0.624. The third-order valence-corrected chi connectivity index (χ3v) is 7.12. The minimum absolute atomic E-state index is 0.0706. The van der Waals surface area contributed by atoms with Crippen LogP contribution in [0.15, 0.2) is 56.6 Å². The van der Waals surface area contributed by atoms with Crippen LogP contribution in [0.2, 0.25) is 5.02 Å². The van der Waals surface area contributed by atoms with Crippen molar-refractivity contribution in [2.45, 2.75) is 18.0 Å². The van der Waals surface area contributed by atoms with Crippen molar-refractivity contribution in [1.82, 2.24) is 13.8 Å². The molecule has 154 valence electrons. The molecule has 1 aliphatic heterocycles. The van der Waals surface area contributed by atoms with Gasteiger partial charge in [0.25, 0.3) is 0 Å². The summed E-state index contributed by atoms with van der Waals surface area (Å²) < 4.78 is 47.0. The summed E-state index contributed by atoms with van der Waals surface area (Å²) in [5.74, 6) is -0.965. The zero-order chi connectivity index (χ0) is 20.6. The molecule has 1 aromatic heterocycles. The summed E-state index contributed by atoms with van der Waals surface area (Å²) in [6, 6.07) is 9.83. The summed E-state index contributed by atoms with van der Waals surface area (Å²) in [6.07, 6.45) is 0.608. The highest BCUT2D eigenvalue weighted by Gasteiger charge is 2.27. The van der Waals surface area contributed by atoms with E-state index in [1.54, 1.807) is 18.2 Å². The third kappa shape index (κ3) is 4.09. The summed E-state index contributed by atoms with van der Waals surface area (Å²) in [5, 5.41) is 0.481. The highest BCUT2D eigenvalue weighted by atomic mass is 35.5. The first-order valence-corrected chi connectivity index (χ1v) is 10.9. The number of nitrogens with zero attached hydrogens (tertiary/aromatic N) is 3. The van der Waals surface area contributed by atoms with Crippen molar-refractivity contribution in [3.05, 3.63) is 63.9 Å². The topological polar surface area (TPSA) is 75.8 Å². The zero-order valence-corrected chi connectivity index (χ0v) is 17.0. The minimum atomic E-state index is -3.70. The Kier molecular flexibility index (Phi) is 5.48. The van der Waals surface area contributed by atoms with Crippen molar-refractivity contribution in [3.63, 3.8) is 0 Å². The smallest absolute Gasteiger partial charge is 0.408 e. The fourth-order valence-electron chi connectivity index (χ4n) is 3.46. The van der Waals surface area contributed by atoms with Crippen molar-refractivity contribution in [3.8, 4) is 0 Å². The molecule has 0 bridgehead atoms. The van der Waals surface area contributed by atoms with E-state index in [9.17, 15) is 17.6 Å². The average Bonchev–Trinajstić information content (AvgIpc) is 2.84. The van der Waals surface area contributed by atoms with E-state index in [0.717, 1.165) is 12.1 Å². The number of halogens is 2. The van der Waals surface area contributed by atoms with Crippen LogP contribution in [0.25, 0.3) is 11.1 Å². The first-order valence-electron chi connectivity index (χ1n) is 9.11. The fraction of sp³-hybridized carbons (Fsp3) is 0.316. The molecule has 0 spiro atoms. The number of aromatic nitrogens is 1. The average molecular weight is 440 g/mol. The van der Waals surface area contributed by atoms with Gasteiger partial charge in [-0.25, -0.2) is 17.6 Å². The van der Waals surface area contributed by atoms with E-state index in [-0.39, 0.29) is 18.1 Å². The number of hydrogen-bond acceptors (Lipinski definition) is 5. The number of benzene rings is 2. The predicted octanol–water partition coefficient (Wildman–Crippen LogP) is 2.74. The highest BCUT2D eigenvalue weighted by Crippen LogP contribution is 2.20. The van der Waals surface area contributed by atoms with Gasteiger partial charge in [0, 0.05) is 37.3 Å². The maximum atomic E-state index is 13.1. The molecule has 29 heavy (non-hydrogen) atoms. The van der Waals surface area contributed by atoms with Gasteiger partial charge in [-0.15, -0.1) is 0 Å². The van der Waals surface area contributed by atoms with Crippen LogP contribution in [0, 0.1) is 5.82 Å². The van der Waals surface area contributed by atoms with E-state index < -0.39 is 21.6 Å². The van der Waals surface area contributed by atoms with Crippen LogP contribution in [-0.2, 0) is 16.7 Å². The van der Waals surface area contributed by atoms with E-state index in [0.29, 0.717) is 42.2 Å². The maximum Gasteiger partial charge on any atom is 0.421 e. The van der Waals surface area contributed by atoms with Crippen molar-refractivity contribution >= 4 is 32.7 Å². The summed E-state index contributed by atoms with van der Waals surface area (Å²) in [4.78, 5) is 14.3. The SMILES string of the molecule is O=c1oc2cc(Cl)ccc2n1CN1CCCN(S(=O)(=O)c2ccc(F)cc2)CC1. The lowest BCUT2D eigenvalue weighted by Gasteiger charge is -2.22. The Bertz CT molecular complexity index is 1190. The van der Waals surface area contributed by atoms with Gasteiger partial charge in [-0.2, -0.15) is 4.31 Å². The van der Waals surface area contributed by atoms with E-state index in [1.807, 2.05) is 4.90 Å². The molecule has 10 heteroatoms. The van der Waals surface area contributed by atoms with E-state index in [1.165, 1.54) is 21.0 Å². The molecular formula is C19H19ClFN3O4S. The van der Waals surface area contributed by atoms with Gasteiger partial charge in [-0.3, -0.25) is 9.47 Å². The van der Waals surface area contributed by atoms with Gasteiger partial charge < -0.3 is 4.42 Å². The summed E-state index contributed by atoms with van der Waals surface area (Å²) in [6.45, 7) is 2.00. The van der Waals surface area contributed by atoms with Crippen LogP contribution in [0.4, 0.5) is 4.39 Å². The van der Waals surface area contributed by atoms with Gasteiger partial charge >= 0.3 is 5.76 Å². The second-order valence-corrected chi connectivity index (χ2v) is 9.25. The van der Waals surface area contributed by atoms with Crippen molar-refractivity contribution in [1.29, 1.82) is 0 Å². The van der Waals surface area contributed by atoms with Crippen LogP contribution in [0.1, 0.15) is 6.42 Å². The van der Waals surface area contributed by atoms with Gasteiger partial charge in [0.1, 0.15) is 5.82 Å². The zero-order valence-electron chi connectivity index (χ0n) is 15.4. The van der Waals surface area contributed by atoms with Gasteiger partial charge in [-0.1, -0.05) is 11.6 Å². The number of oxazole rings is 1. The van der Waals surface area contributed by atoms with Crippen molar-refractivity contribution < 1.29 is 17.2 Å². The lowest BCUT2D eigenvalue weighted by atomic mass is 10.3. The van der Waals surface area contributed by atoms with Gasteiger partial charge in [-0.05, 0) is 42.8 Å². The molecule has 0 unspecified atom stereocenters. The van der Waals surface area contributed by atoms with E-state index in [4.69, 9.17) is 16.0 Å². The molecule has 0 atom stereocenters. The third-order valence-electron chi connectivity index (χ3n) is 4.97. The molecule has 0 N–H and O–H groups in total. The normalized spacial score (nSPS) is 16.9. The monoisotopic (exact) mass is 439 g/mol. The van der Waals surface area contributed by atoms with Crippen LogP contribution in [-0.4, -0.2) is 48.4 Å². The lowest BCUT2D eigenvalue weighted by Crippen LogP contribution is -2.36. The highest BCUT2D eigenvalue weighted by molar-refractivity contribution is 7.89. The first-order chi connectivity index (χ1) is 13.8. The Morgan fingerprint density at radius 1 is 1.03 bits per heavy atom. The van der Waals surface area contributed by atoms with Gasteiger partial charge in [0.05, 0.1) is 17.1 Å². The Balaban J connectivity index is 1.50. The Morgan fingerprint density at radius 2 is 1.79 bits per heavy atom. The Hall–Kier alpha value is -2.20. The molecule has 0 aliphatic carbocycles. The summed E-state index contributed by atoms with van der Waals surface area (Å²) in [7, 11) is -3.70. The standard InChI is InChI=1S/C19H19ClFN3O4S/c20-14-2-7-17-18(12-14)28-19(25)24(17)13-22-8-1-9-23(11-10-22)29(26,27)16-5-3-15(21)4-6-16/h2-7,12H,1,8-11,13H2. The number of fused-ring (bicyclic) bond motifs is 1. The molecule has 2 aromatic carbocycles. The van der Waals surface area contributed by atoms with E-state index >= 15 is 0 Å². The molecule has 1 saturated heterocycles. The molecule has 1 fully saturated rings. The van der Waals surface area contributed by atoms with Crippen LogP contribution in [0.3, 0.4) is 0 Å². The minimum Gasteiger partial charge on any atom is -0.408 e. The van der Waals surface area contributed by atoms with Crippen LogP contribution in [0.5, 0.6) is 0 Å². The van der Waals surface area contributed by atoms with E-state index in [2.05, 4.69) is 0 Å². The molecule has 7 nitrogen and oxygen atoms in total. The second kappa shape index (κ2) is 7.91. The molecule has 0 radical (unpaired) electrons. The van der Waals surface area contributed by atoms with Crippen molar-refractivity contribution in [2.75, 3.05) is 26.2 Å². The Morgan fingerprint density at radius 3 is 2.55 bits per heavy atom. The summed E-state index contributed by atoms with van der Waals surface area (Å²) >= 11 is 5.95. The van der Waals surface area contributed by atoms with Gasteiger partial charge in [0.15, 0.2) is 5.58 Å². The molecule has 4 rings (SSSR count). The number of sulfonamides is 1. The molecule has 0 saturated carbocycles. The van der Waals surface area contributed by atoms with Crippen LogP contribution >= 0.6 is 11.6 Å². The molecule has 3 aromatic rings. The van der Waals surface area contributed by atoms with Crippen LogP contribution < -0.4 is 5.76 Å². The fourth-order valence-corrected chi connectivity index (χ4v) is 5.09.